The number of tetrazole rings is 1. The van der Waals surface area contributed by atoms with Crippen molar-refractivity contribution in [3.05, 3.63) is 41.3 Å². The van der Waals surface area contributed by atoms with Crippen molar-refractivity contribution < 1.29 is 0 Å². The molecule has 0 saturated carbocycles. The van der Waals surface area contributed by atoms with Crippen LogP contribution >= 0.6 is 23.2 Å². The van der Waals surface area contributed by atoms with E-state index in [-0.39, 0.29) is 5.38 Å². The van der Waals surface area contributed by atoms with Crippen LogP contribution in [0.25, 0.3) is 16.6 Å². The fourth-order valence-electron chi connectivity index (χ4n) is 1.91. The lowest BCUT2D eigenvalue weighted by atomic mass is 10.2. The van der Waals surface area contributed by atoms with E-state index in [9.17, 15) is 0 Å². The predicted molar refractivity (Wildman–Crippen MR) is 73.7 cm³/mol. The van der Waals surface area contributed by atoms with Crippen LogP contribution in [0.15, 0.2) is 30.5 Å². The van der Waals surface area contributed by atoms with Crippen molar-refractivity contribution in [3.63, 3.8) is 0 Å². The number of aromatic nitrogens is 5. The first-order chi connectivity index (χ1) is 9.18. The molecule has 0 spiro atoms. The Kier molecular flexibility index (Phi) is 3.08. The summed E-state index contributed by atoms with van der Waals surface area (Å²) < 4.78 is 1.59. The zero-order valence-electron chi connectivity index (χ0n) is 9.96. The highest BCUT2D eigenvalue weighted by Gasteiger charge is 2.16. The number of halogens is 2. The fourth-order valence-corrected chi connectivity index (χ4v) is 2.26. The van der Waals surface area contributed by atoms with Gasteiger partial charge in [0.25, 0.3) is 0 Å². The Hall–Kier alpha value is -1.72. The third-order valence-corrected chi connectivity index (χ3v) is 3.30. The lowest BCUT2D eigenvalue weighted by Crippen LogP contribution is -2.05. The van der Waals surface area contributed by atoms with Crippen molar-refractivity contribution in [2.45, 2.75) is 12.3 Å². The number of hydrogen-bond donors (Lipinski definition) is 0. The zero-order valence-corrected chi connectivity index (χ0v) is 11.5. The number of alkyl halides is 1. The average Bonchev–Trinajstić information content (AvgIpc) is 2.89. The first-order valence-electron chi connectivity index (χ1n) is 5.64. The maximum atomic E-state index is 6.17. The van der Waals surface area contributed by atoms with Crippen LogP contribution in [0.3, 0.4) is 0 Å². The largest absolute Gasteiger partial charge is 0.254 e. The van der Waals surface area contributed by atoms with Gasteiger partial charge < -0.3 is 0 Å². The molecule has 7 heteroatoms. The third-order valence-electron chi connectivity index (χ3n) is 2.77. The summed E-state index contributed by atoms with van der Waals surface area (Å²) in [6, 6.07) is 7.37. The number of fused-ring (bicyclic) bond motifs is 1. The van der Waals surface area contributed by atoms with E-state index in [0.29, 0.717) is 10.8 Å². The summed E-state index contributed by atoms with van der Waals surface area (Å²) in [5.41, 5.74) is 1.49. The Labute approximate surface area is 119 Å². The molecule has 0 aliphatic carbocycles. The van der Waals surface area contributed by atoms with E-state index < -0.39 is 0 Å². The summed E-state index contributed by atoms with van der Waals surface area (Å²) in [6.45, 7) is 1.81. The first kappa shape index (κ1) is 12.3. The van der Waals surface area contributed by atoms with E-state index in [1.807, 2.05) is 25.1 Å². The molecule has 3 rings (SSSR count). The lowest BCUT2D eigenvalue weighted by molar-refractivity contribution is 0.764. The van der Waals surface area contributed by atoms with Gasteiger partial charge in [-0.1, -0.05) is 11.6 Å². The Bertz CT molecular complexity index is 738. The molecule has 5 nitrogen and oxygen atoms in total. The molecule has 1 unspecified atom stereocenters. The number of rotatable bonds is 2. The maximum absolute atomic E-state index is 6.17. The quantitative estimate of drug-likeness (QED) is 0.681. The SMILES string of the molecule is CC(Cl)c1nnnn1-c1ccc(Cl)c2cccnc12. The highest BCUT2D eigenvalue weighted by Crippen LogP contribution is 2.28. The first-order valence-corrected chi connectivity index (χ1v) is 6.46. The van der Waals surface area contributed by atoms with Gasteiger partial charge in [0.05, 0.1) is 21.6 Å². The fraction of sp³-hybridized carbons (Fsp3) is 0.167. The third kappa shape index (κ3) is 2.05. The molecule has 1 atom stereocenters. The van der Waals surface area contributed by atoms with Crippen LogP contribution in [0.1, 0.15) is 18.1 Å². The number of pyridine rings is 1. The summed E-state index contributed by atoms with van der Waals surface area (Å²) in [4.78, 5) is 4.35. The van der Waals surface area contributed by atoms with Crippen LogP contribution < -0.4 is 0 Å². The van der Waals surface area contributed by atoms with Crippen LogP contribution in [0.2, 0.25) is 5.02 Å². The molecule has 1 aromatic carbocycles. The standard InChI is InChI=1S/C12H9Cl2N5/c1-7(13)12-16-17-18-19(12)10-5-4-9(14)8-3-2-6-15-11(8)10/h2-7H,1H3. The average molecular weight is 294 g/mol. The summed E-state index contributed by atoms with van der Waals surface area (Å²) in [7, 11) is 0. The van der Waals surface area contributed by atoms with Crippen LogP contribution in [-0.4, -0.2) is 25.2 Å². The lowest BCUT2D eigenvalue weighted by Gasteiger charge is -2.09. The van der Waals surface area contributed by atoms with Crippen LogP contribution in [-0.2, 0) is 0 Å². The van der Waals surface area contributed by atoms with Gasteiger partial charge in [0, 0.05) is 11.6 Å². The van der Waals surface area contributed by atoms with Crippen LogP contribution in [0, 0.1) is 0 Å². The monoisotopic (exact) mass is 293 g/mol. The minimum Gasteiger partial charge on any atom is -0.254 e. The van der Waals surface area contributed by atoms with Crippen molar-refractivity contribution >= 4 is 34.1 Å². The summed E-state index contributed by atoms with van der Waals surface area (Å²) in [5.74, 6) is 0.566. The van der Waals surface area contributed by atoms with E-state index in [4.69, 9.17) is 23.2 Å². The molecular formula is C12H9Cl2N5. The molecule has 0 radical (unpaired) electrons. The minimum absolute atomic E-state index is 0.301. The highest BCUT2D eigenvalue weighted by atomic mass is 35.5. The second-order valence-electron chi connectivity index (χ2n) is 4.03. The van der Waals surface area contributed by atoms with Gasteiger partial charge in [-0.15, -0.1) is 16.7 Å². The van der Waals surface area contributed by atoms with Crippen LogP contribution in [0.5, 0.6) is 0 Å². The van der Waals surface area contributed by atoms with Crippen molar-refractivity contribution in [1.29, 1.82) is 0 Å². The molecule has 3 aromatic rings. The Balaban J connectivity index is 2.31. The van der Waals surface area contributed by atoms with Crippen molar-refractivity contribution in [1.82, 2.24) is 25.2 Å². The number of nitrogens with zero attached hydrogens (tertiary/aromatic N) is 5. The maximum Gasteiger partial charge on any atom is 0.174 e. The van der Waals surface area contributed by atoms with E-state index in [1.165, 1.54) is 0 Å². The molecule has 19 heavy (non-hydrogen) atoms. The van der Waals surface area contributed by atoms with E-state index in [2.05, 4.69) is 20.5 Å². The zero-order chi connectivity index (χ0) is 13.4. The molecule has 0 amide bonds. The summed E-state index contributed by atoms with van der Waals surface area (Å²) in [6.07, 6.45) is 1.70. The minimum atomic E-state index is -0.301. The Morgan fingerprint density at radius 1 is 1.26 bits per heavy atom. The second-order valence-corrected chi connectivity index (χ2v) is 5.09. The van der Waals surface area contributed by atoms with Crippen molar-refractivity contribution in [2.75, 3.05) is 0 Å². The summed E-state index contributed by atoms with van der Waals surface area (Å²) >= 11 is 12.2. The summed E-state index contributed by atoms with van der Waals surface area (Å²) in [5, 5.41) is 12.8. The van der Waals surface area contributed by atoms with Gasteiger partial charge >= 0.3 is 0 Å². The molecule has 0 bridgehead atoms. The molecule has 0 fully saturated rings. The normalized spacial score (nSPS) is 12.8. The highest BCUT2D eigenvalue weighted by molar-refractivity contribution is 6.35. The van der Waals surface area contributed by atoms with Crippen molar-refractivity contribution in [2.24, 2.45) is 0 Å². The second kappa shape index (κ2) is 4.75. The number of hydrogen-bond acceptors (Lipinski definition) is 4. The van der Waals surface area contributed by atoms with Gasteiger partial charge in [-0.05, 0) is 41.6 Å². The molecule has 2 heterocycles. The molecule has 0 aliphatic rings. The van der Waals surface area contributed by atoms with Crippen molar-refractivity contribution in [3.8, 4) is 5.69 Å². The molecule has 0 N–H and O–H groups in total. The van der Waals surface area contributed by atoms with E-state index in [0.717, 1.165) is 16.6 Å². The predicted octanol–water partition coefficient (Wildman–Crippen LogP) is 3.16. The van der Waals surface area contributed by atoms with E-state index >= 15 is 0 Å². The topological polar surface area (TPSA) is 56.5 Å². The molecule has 96 valence electrons. The molecular weight excluding hydrogens is 285 g/mol. The van der Waals surface area contributed by atoms with Gasteiger partial charge in [0.15, 0.2) is 5.82 Å². The molecule has 0 saturated heterocycles. The molecule has 0 aliphatic heterocycles. The van der Waals surface area contributed by atoms with E-state index in [1.54, 1.807) is 16.9 Å². The van der Waals surface area contributed by atoms with Crippen LogP contribution in [0.4, 0.5) is 0 Å². The Morgan fingerprint density at radius 2 is 2.11 bits per heavy atom. The molecule has 2 aromatic heterocycles. The van der Waals surface area contributed by atoms with Gasteiger partial charge in [-0.2, -0.15) is 4.68 Å². The number of benzene rings is 1. The Morgan fingerprint density at radius 3 is 2.89 bits per heavy atom. The smallest absolute Gasteiger partial charge is 0.174 e. The van der Waals surface area contributed by atoms with Gasteiger partial charge in [-0.25, -0.2) is 0 Å². The van der Waals surface area contributed by atoms with Gasteiger partial charge in [0.2, 0.25) is 0 Å². The van der Waals surface area contributed by atoms with Gasteiger partial charge in [0.1, 0.15) is 0 Å². The van der Waals surface area contributed by atoms with Gasteiger partial charge in [-0.3, -0.25) is 4.98 Å².